The van der Waals surface area contributed by atoms with Gasteiger partial charge < -0.3 is 38.2 Å². The zero-order valence-corrected chi connectivity index (χ0v) is 31.6. The molecule has 0 radical (unpaired) electrons. The molecule has 2 saturated heterocycles. The van der Waals surface area contributed by atoms with Gasteiger partial charge in [0.15, 0.2) is 11.5 Å². The summed E-state index contributed by atoms with van der Waals surface area (Å²) in [5.74, 6) is 2.29. The fourth-order valence-electron chi connectivity index (χ4n) is 7.54. The number of carbonyl (C=O) groups is 1. The highest BCUT2D eigenvalue weighted by molar-refractivity contribution is 6.42. The number of fused-ring (bicyclic) bond motifs is 1. The molecule has 3 aromatic carbocycles. The van der Waals surface area contributed by atoms with E-state index in [1.54, 1.807) is 33.5 Å². The van der Waals surface area contributed by atoms with Crippen LogP contribution < -0.4 is 19.1 Å². The third-order valence-corrected chi connectivity index (χ3v) is 11.0. The highest BCUT2D eigenvalue weighted by atomic mass is 35.5. The van der Waals surface area contributed by atoms with Crippen LogP contribution >= 0.6 is 23.2 Å². The number of amides is 1. The van der Waals surface area contributed by atoms with Gasteiger partial charge in [0.1, 0.15) is 0 Å². The van der Waals surface area contributed by atoms with Crippen molar-refractivity contribution in [3.63, 3.8) is 0 Å². The number of anilines is 1. The quantitative estimate of drug-likeness (QED) is 0.126. The number of benzene rings is 3. The lowest BCUT2D eigenvalue weighted by Gasteiger charge is -2.33. The molecule has 2 aliphatic rings. The highest BCUT2D eigenvalue weighted by Crippen LogP contribution is 2.42. The van der Waals surface area contributed by atoms with E-state index in [9.17, 15) is 4.79 Å². The van der Waals surface area contributed by atoms with Crippen molar-refractivity contribution >= 4 is 46.1 Å². The lowest BCUT2D eigenvalue weighted by atomic mass is 9.76. The van der Waals surface area contributed by atoms with Gasteiger partial charge in [0, 0.05) is 56.9 Å². The summed E-state index contributed by atoms with van der Waals surface area (Å²) in [6.45, 7) is 10.1. The topological polar surface area (TPSA) is 81.5 Å². The van der Waals surface area contributed by atoms with E-state index >= 15 is 0 Å². The van der Waals surface area contributed by atoms with Crippen LogP contribution in [0.25, 0.3) is 11.0 Å². The average molecular weight is 739 g/mol. The van der Waals surface area contributed by atoms with Gasteiger partial charge in [0.25, 0.3) is 5.91 Å². The van der Waals surface area contributed by atoms with Crippen LogP contribution in [0, 0.1) is 0 Å². The van der Waals surface area contributed by atoms with Gasteiger partial charge in [-0.1, -0.05) is 48.3 Å². The van der Waals surface area contributed by atoms with Gasteiger partial charge in [-0.15, -0.1) is 0 Å². The average Bonchev–Trinajstić information content (AvgIpc) is 3.67. The van der Waals surface area contributed by atoms with E-state index in [0.29, 0.717) is 52.6 Å². The second kappa shape index (κ2) is 16.8. The second-order valence-electron chi connectivity index (χ2n) is 13.4. The largest absolute Gasteiger partial charge is 0.493 e. The molecule has 0 bridgehead atoms. The Bertz CT molecular complexity index is 1790. The Labute approximate surface area is 311 Å². The second-order valence-corrected chi connectivity index (χ2v) is 14.2. The predicted octanol–water partition coefficient (Wildman–Crippen LogP) is 7.18. The van der Waals surface area contributed by atoms with Gasteiger partial charge in [-0.2, -0.15) is 0 Å². The fraction of sp³-hybridized carbons (Fsp3) is 0.487. The number of nitrogens with zero attached hydrogens (tertiary/aromatic N) is 5. The van der Waals surface area contributed by atoms with E-state index in [-0.39, 0.29) is 11.3 Å². The summed E-state index contributed by atoms with van der Waals surface area (Å²) in [5.41, 5.74) is 3.46. The lowest BCUT2D eigenvalue weighted by molar-refractivity contribution is 0.0780. The molecule has 2 fully saturated rings. The Morgan fingerprint density at radius 3 is 2.37 bits per heavy atom. The Morgan fingerprint density at radius 2 is 1.65 bits per heavy atom. The van der Waals surface area contributed by atoms with Gasteiger partial charge in [0.2, 0.25) is 11.7 Å². The first-order valence-corrected chi connectivity index (χ1v) is 18.6. The van der Waals surface area contributed by atoms with E-state index in [2.05, 4.69) is 45.6 Å². The van der Waals surface area contributed by atoms with Gasteiger partial charge in [-0.3, -0.25) is 4.79 Å². The number of imidazole rings is 1. The van der Waals surface area contributed by atoms with Crippen molar-refractivity contribution in [3.8, 4) is 17.2 Å². The molecule has 6 rings (SSSR count). The summed E-state index contributed by atoms with van der Waals surface area (Å²) in [4.78, 5) is 26.0. The van der Waals surface area contributed by atoms with Crippen LogP contribution in [0.4, 0.5) is 5.95 Å². The maximum Gasteiger partial charge on any atom is 0.254 e. The number of rotatable bonds is 14. The molecular formula is C39H49Cl2N5O5. The minimum absolute atomic E-state index is 0.0791. The van der Waals surface area contributed by atoms with Crippen LogP contribution in [0.5, 0.6) is 17.2 Å². The molecule has 0 saturated carbocycles. The van der Waals surface area contributed by atoms with Crippen molar-refractivity contribution in [3.05, 3.63) is 75.8 Å². The first kappa shape index (κ1) is 37.1. The molecule has 0 spiro atoms. The number of hydrogen-bond donors (Lipinski definition) is 0. The van der Waals surface area contributed by atoms with Crippen LogP contribution in [0.1, 0.15) is 48.5 Å². The van der Waals surface area contributed by atoms with Crippen molar-refractivity contribution in [2.75, 3.05) is 85.3 Å². The molecule has 1 amide bonds. The van der Waals surface area contributed by atoms with Crippen LogP contribution in [-0.2, 0) is 16.7 Å². The summed E-state index contributed by atoms with van der Waals surface area (Å²) in [7, 11) is 4.66. The molecule has 10 nitrogen and oxygen atoms in total. The Kier molecular flexibility index (Phi) is 12.2. The van der Waals surface area contributed by atoms with Crippen molar-refractivity contribution in [1.29, 1.82) is 0 Å². The van der Waals surface area contributed by atoms with Gasteiger partial charge in [0.05, 0.1) is 49.0 Å². The molecule has 274 valence electrons. The predicted molar refractivity (Wildman–Crippen MR) is 203 cm³/mol. The molecule has 0 aliphatic carbocycles. The molecule has 2 aliphatic heterocycles. The molecule has 1 atom stereocenters. The third-order valence-electron chi connectivity index (χ3n) is 10.3. The fourth-order valence-corrected chi connectivity index (χ4v) is 7.83. The summed E-state index contributed by atoms with van der Waals surface area (Å²) in [6.07, 6.45) is 3.72. The molecule has 4 aromatic rings. The Balaban J connectivity index is 1.19. The van der Waals surface area contributed by atoms with Crippen molar-refractivity contribution < 1.29 is 23.7 Å². The van der Waals surface area contributed by atoms with Gasteiger partial charge in [-0.05, 0) is 80.7 Å². The molecule has 51 heavy (non-hydrogen) atoms. The molecule has 3 heterocycles. The number of aromatic nitrogens is 2. The smallest absolute Gasteiger partial charge is 0.254 e. The number of carbonyl (C=O) groups excluding carboxylic acids is 1. The summed E-state index contributed by atoms with van der Waals surface area (Å²) >= 11 is 13.0. The maximum atomic E-state index is 14.0. The minimum atomic E-state index is -0.289. The summed E-state index contributed by atoms with van der Waals surface area (Å²) in [6, 6.07) is 17.7. The van der Waals surface area contributed by atoms with Crippen molar-refractivity contribution in [1.82, 2.24) is 19.4 Å². The van der Waals surface area contributed by atoms with Crippen LogP contribution in [0.15, 0.2) is 54.6 Å². The molecule has 1 aromatic heterocycles. The molecule has 12 heteroatoms. The zero-order chi connectivity index (χ0) is 36.0. The summed E-state index contributed by atoms with van der Waals surface area (Å²) < 4.78 is 24.8. The third kappa shape index (κ3) is 8.04. The van der Waals surface area contributed by atoms with E-state index in [0.717, 1.165) is 94.1 Å². The number of halogens is 2. The van der Waals surface area contributed by atoms with E-state index in [4.69, 9.17) is 47.1 Å². The van der Waals surface area contributed by atoms with Gasteiger partial charge >= 0.3 is 0 Å². The normalized spacial score (nSPS) is 18.3. The first-order valence-electron chi connectivity index (χ1n) is 17.9. The number of likely N-dealkylation sites (tertiary alicyclic amines) is 1. The van der Waals surface area contributed by atoms with Crippen molar-refractivity contribution in [2.45, 2.75) is 44.6 Å². The lowest BCUT2D eigenvalue weighted by Crippen LogP contribution is -2.39. The van der Waals surface area contributed by atoms with Crippen LogP contribution in [0.3, 0.4) is 0 Å². The minimum Gasteiger partial charge on any atom is -0.493 e. The Hall–Kier alpha value is -3.70. The standard InChI is InChI=1S/C39H49Cl2N5O5/c1-5-22-51-23-21-46-33-10-7-6-9-32(33)42-38(46)44-16-8-15-43(19-20-44)17-13-39(29-11-12-30(40)31(41)26-29)14-18-45(27-39)37(47)28-24-34(48-2)36(50-4)35(25-28)49-3/h6-7,9-12,24-26H,5,8,13-23,27H2,1-4H3. The SMILES string of the molecule is CCCOCCn1c(N2CCCN(CCC3(c4ccc(Cl)c(Cl)c4)CCN(C(=O)c4cc(OC)c(OC)c(OC)c4)C3)CC2)nc2ccccc21. The monoisotopic (exact) mass is 737 g/mol. The maximum absolute atomic E-state index is 14.0. The first-order chi connectivity index (χ1) is 24.8. The van der Waals surface area contributed by atoms with Crippen molar-refractivity contribution in [2.24, 2.45) is 0 Å². The zero-order valence-electron chi connectivity index (χ0n) is 30.1. The molecule has 1 unspecified atom stereocenters. The number of methoxy groups -OCH3 is 3. The molecule has 0 N–H and O–H groups in total. The van der Waals surface area contributed by atoms with Crippen LogP contribution in [-0.4, -0.2) is 106 Å². The number of ether oxygens (including phenoxy) is 4. The van der Waals surface area contributed by atoms with E-state index in [1.807, 2.05) is 23.1 Å². The Morgan fingerprint density at radius 1 is 0.863 bits per heavy atom. The highest BCUT2D eigenvalue weighted by Gasteiger charge is 2.42. The number of para-hydroxylation sites is 2. The van der Waals surface area contributed by atoms with Crippen LogP contribution in [0.2, 0.25) is 10.0 Å². The summed E-state index contributed by atoms with van der Waals surface area (Å²) in [5, 5.41) is 1.05. The van der Waals surface area contributed by atoms with E-state index in [1.165, 1.54) is 0 Å². The number of hydrogen-bond acceptors (Lipinski definition) is 8. The molecular weight excluding hydrogens is 689 g/mol. The van der Waals surface area contributed by atoms with Gasteiger partial charge in [-0.25, -0.2) is 4.98 Å². The van der Waals surface area contributed by atoms with E-state index < -0.39 is 0 Å².